The Morgan fingerprint density at radius 1 is 1.27 bits per heavy atom. The van der Waals surface area contributed by atoms with E-state index in [2.05, 4.69) is 6.58 Å². The third-order valence-electron chi connectivity index (χ3n) is 3.76. The van der Waals surface area contributed by atoms with Crippen molar-refractivity contribution in [1.29, 1.82) is 0 Å². The second-order valence-electron chi connectivity index (χ2n) is 5.23. The molecule has 0 amide bonds. The molecule has 3 atom stereocenters. The van der Waals surface area contributed by atoms with Crippen LogP contribution >= 0.6 is 0 Å². The fraction of sp³-hybridized carbons (Fsp3) is 0.412. The zero-order chi connectivity index (χ0) is 15.9. The van der Waals surface area contributed by atoms with Crippen molar-refractivity contribution in [3.63, 3.8) is 0 Å². The van der Waals surface area contributed by atoms with Crippen molar-refractivity contribution in [2.75, 3.05) is 7.11 Å². The molecule has 1 aromatic rings. The van der Waals surface area contributed by atoms with E-state index >= 15 is 0 Å². The first-order chi connectivity index (χ1) is 10.6. The van der Waals surface area contributed by atoms with Crippen molar-refractivity contribution in [2.24, 2.45) is 0 Å². The Morgan fingerprint density at radius 3 is 2.59 bits per heavy atom. The standard InChI is InChI=1S/C17H20O5/c1-12-15(21-11-13-6-4-3-5-7-13)8-14(20-2)9-16(12)22-17(19)10-18/h3-7,10,14-16H,1,8-9,11H2,2H3. The number of benzene rings is 1. The summed E-state index contributed by atoms with van der Waals surface area (Å²) in [6.07, 6.45) is 0.359. The molecule has 5 heteroatoms. The van der Waals surface area contributed by atoms with Gasteiger partial charge in [-0.25, -0.2) is 4.79 Å². The Labute approximate surface area is 129 Å². The van der Waals surface area contributed by atoms with E-state index < -0.39 is 12.1 Å². The lowest BCUT2D eigenvalue weighted by Crippen LogP contribution is -2.40. The number of methoxy groups -OCH3 is 1. The molecule has 0 aromatic heterocycles. The van der Waals surface area contributed by atoms with Crippen LogP contribution in [0.3, 0.4) is 0 Å². The number of hydrogen-bond donors (Lipinski definition) is 0. The lowest BCUT2D eigenvalue weighted by atomic mass is 9.88. The van der Waals surface area contributed by atoms with E-state index in [0.717, 1.165) is 5.56 Å². The smallest absolute Gasteiger partial charge is 0.371 e. The van der Waals surface area contributed by atoms with E-state index in [4.69, 9.17) is 14.2 Å². The molecule has 0 N–H and O–H groups in total. The van der Waals surface area contributed by atoms with Gasteiger partial charge in [0.2, 0.25) is 6.29 Å². The first-order valence-electron chi connectivity index (χ1n) is 7.16. The number of carbonyl (C=O) groups excluding carboxylic acids is 2. The van der Waals surface area contributed by atoms with Gasteiger partial charge in [-0.1, -0.05) is 36.9 Å². The molecule has 118 valence electrons. The van der Waals surface area contributed by atoms with E-state index in [1.165, 1.54) is 0 Å². The van der Waals surface area contributed by atoms with Gasteiger partial charge in [0.1, 0.15) is 6.10 Å². The largest absolute Gasteiger partial charge is 0.452 e. The summed E-state index contributed by atoms with van der Waals surface area (Å²) in [7, 11) is 1.60. The minimum Gasteiger partial charge on any atom is -0.452 e. The van der Waals surface area contributed by atoms with E-state index in [9.17, 15) is 9.59 Å². The first-order valence-corrected chi connectivity index (χ1v) is 7.16. The summed E-state index contributed by atoms with van der Waals surface area (Å²) < 4.78 is 16.4. The number of aldehydes is 1. The second kappa shape index (κ2) is 7.87. The molecular formula is C17H20O5. The Morgan fingerprint density at radius 2 is 1.95 bits per heavy atom. The molecule has 0 spiro atoms. The van der Waals surface area contributed by atoms with Crippen LogP contribution in [-0.2, 0) is 30.4 Å². The van der Waals surface area contributed by atoms with Gasteiger partial charge < -0.3 is 14.2 Å². The van der Waals surface area contributed by atoms with Crippen LogP contribution in [-0.4, -0.2) is 37.7 Å². The average Bonchev–Trinajstić information content (AvgIpc) is 2.56. The molecule has 1 fully saturated rings. The summed E-state index contributed by atoms with van der Waals surface area (Å²) >= 11 is 0. The van der Waals surface area contributed by atoms with Gasteiger partial charge in [-0.05, 0) is 11.1 Å². The average molecular weight is 304 g/mol. The number of hydrogen-bond acceptors (Lipinski definition) is 5. The molecule has 0 bridgehead atoms. The maximum Gasteiger partial charge on any atom is 0.371 e. The molecule has 0 aliphatic heterocycles. The van der Waals surface area contributed by atoms with Gasteiger partial charge in [0.05, 0.1) is 18.8 Å². The quantitative estimate of drug-likeness (QED) is 0.348. The van der Waals surface area contributed by atoms with Gasteiger partial charge in [-0.2, -0.15) is 0 Å². The topological polar surface area (TPSA) is 61.8 Å². The van der Waals surface area contributed by atoms with Crippen molar-refractivity contribution < 1.29 is 23.8 Å². The van der Waals surface area contributed by atoms with E-state index in [0.29, 0.717) is 25.0 Å². The van der Waals surface area contributed by atoms with Crippen LogP contribution in [0.15, 0.2) is 42.5 Å². The Bertz CT molecular complexity index is 525. The number of ether oxygens (including phenoxy) is 3. The second-order valence-corrected chi connectivity index (χ2v) is 5.23. The van der Waals surface area contributed by atoms with E-state index in [1.54, 1.807) is 7.11 Å². The summed E-state index contributed by atoms with van der Waals surface area (Å²) in [5, 5.41) is 0. The molecule has 1 aliphatic carbocycles. The fourth-order valence-corrected chi connectivity index (χ4v) is 2.51. The van der Waals surface area contributed by atoms with Crippen molar-refractivity contribution in [3.05, 3.63) is 48.0 Å². The third-order valence-corrected chi connectivity index (χ3v) is 3.76. The van der Waals surface area contributed by atoms with Crippen molar-refractivity contribution in [1.82, 2.24) is 0 Å². The summed E-state index contributed by atoms with van der Waals surface area (Å²) in [5.41, 5.74) is 1.72. The van der Waals surface area contributed by atoms with Gasteiger partial charge in [0.15, 0.2) is 0 Å². The molecular weight excluding hydrogens is 284 g/mol. The maximum absolute atomic E-state index is 11.2. The maximum atomic E-state index is 11.2. The highest BCUT2D eigenvalue weighted by molar-refractivity contribution is 6.20. The zero-order valence-electron chi connectivity index (χ0n) is 12.6. The van der Waals surface area contributed by atoms with E-state index in [1.807, 2.05) is 30.3 Å². The van der Waals surface area contributed by atoms with Crippen LogP contribution in [0, 0.1) is 0 Å². The summed E-state index contributed by atoms with van der Waals surface area (Å²) in [6, 6.07) is 9.79. The van der Waals surface area contributed by atoms with Crippen LogP contribution in [0.4, 0.5) is 0 Å². The van der Waals surface area contributed by atoms with Crippen LogP contribution < -0.4 is 0 Å². The highest BCUT2D eigenvalue weighted by Crippen LogP contribution is 2.30. The molecule has 3 unspecified atom stereocenters. The molecule has 0 saturated heterocycles. The molecule has 22 heavy (non-hydrogen) atoms. The SMILES string of the molecule is C=C1C(OCc2ccccc2)CC(OC)CC1OC(=O)C=O. The fourth-order valence-electron chi connectivity index (χ4n) is 2.51. The monoisotopic (exact) mass is 304 g/mol. The highest BCUT2D eigenvalue weighted by Gasteiger charge is 2.35. The van der Waals surface area contributed by atoms with E-state index in [-0.39, 0.29) is 18.5 Å². The van der Waals surface area contributed by atoms with Crippen molar-refractivity contribution in [3.8, 4) is 0 Å². The Balaban J connectivity index is 2.00. The van der Waals surface area contributed by atoms with Gasteiger partial charge in [0, 0.05) is 20.0 Å². The lowest BCUT2D eigenvalue weighted by molar-refractivity contribution is -0.155. The summed E-state index contributed by atoms with van der Waals surface area (Å²) in [6.45, 7) is 4.41. The number of rotatable bonds is 6. The predicted octanol–water partition coefficient (Wildman–Crippen LogP) is 2.05. The number of carbonyl (C=O) groups is 2. The van der Waals surface area contributed by atoms with Crippen LogP contribution in [0.5, 0.6) is 0 Å². The Kier molecular flexibility index (Phi) is 5.86. The van der Waals surface area contributed by atoms with Crippen LogP contribution in [0.1, 0.15) is 18.4 Å². The van der Waals surface area contributed by atoms with Gasteiger partial charge in [-0.3, -0.25) is 4.79 Å². The van der Waals surface area contributed by atoms with Crippen LogP contribution in [0.2, 0.25) is 0 Å². The van der Waals surface area contributed by atoms with Gasteiger partial charge in [0.25, 0.3) is 0 Å². The molecule has 5 nitrogen and oxygen atoms in total. The number of esters is 1. The lowest BCUT2D eigenvalue weighted by Gasteiger charge is -2.35. The molecule has 1 aliphatic rings. The first kappa shape index (κ1) is 16.4. The molecule has 0 heterocycles. The Hall–Kier alpha value is -1.98. The van der Waals surface area contributed by atoms with Gasteiger partial charge in [-0.15, -0.1) is 0 Å². The third kappa shape index (κ3) is 4.26. The molecule has 1 aromatic carbocycles. The molecule has 2 rings (SSSR count). The molecule has 0 radical (unpaired) electrons. The predicted molar refractivity (Wildman–Crippen MR) is 80.1 cm³/mol. The van der Waals surface area contributed by atoms with Gasteiger partial charge >= 0.3 is 5.97 Å². The minimum atomic E-state index is -0.898. The van der Waals surface area contributed by atoms with Crippen molar-refractivity contribution >= 4 is 12.3 Å². The van der Waals surface area contributed by atoms with Crippen molar-refractivity contribution in [2.45, 2.75) is 37.8 Å². The zero-order valence-corrected chi connectivity index (χ0v) is 12.6. The molecule has 1 saturated carbocycles. The summed E-state index contributed by atoms with van der Waals surface area (Å²) in [4.78, 5) is 21.7. The highest BCUT2D eigenvalue weighted by atomic mass is 16.6. The minimum absolute atomic E-state index is 0.101. The van der Waals surface area contributed by atoms with Crippen LogP contribution in [0.25, 0.3) is 0 Å². The summed E-state index contributed by atoms with van der Waals surface area (Å²) in [5.74, 6) is -0.898. The normalized spacial score (nSPS) is 24.8.